The van der Waals surface area contributed by atoms with Gasteiger partial charge in [0, 0.05) is 12.6 Å². The maximum atomic E-state index is 12.1. The van der Waals surface area contributed by atoms with E-state index in [4.69, 9.17) is 15.2 Å². The van der Waals surface area contributed by atoms with Crippen molar-refractivity contribution in [1.82, 2.24) is 5.32 Å². The van der Waals surface area contributed by atoms with Crippen LogP contribution in [-0.4, -0.2) is 25.2 Å². The van der Waals surface area contributed by atoms with E-state index >= 15 is 0 Å². The Balaban J connectivity index is 2.73. The van der Waals surface area contributed by atoms with Crippen molar-refractivity contribution >= 4 is 5.91 Å². The van der Waals surface area contributed by atoms with Gasteiger partial charge in [-0.2, -0.15) is 0 Å². The molecule has 3 N–H and O–H groups in total. The molecule has 21 heavy (non-hydrogen) atoms. The second kappa shape index (κ2) is 8.52. The molecule has 0 aromatic heterocycles. The Morgan fingerprint density at radius 2 is 1.95 bits per heavy atom. The summed E-state index contributed by atoms with van der Waals surface area (Å²) in [6.07, 6.45) is 1.23. The molecule has 118 valence electrons. The van der Waals surface area contributed by atoms with Crippen molar-refractivity contribution in [3.63, 3.8) is 0 Å². The van der Waals surface area contributed by atoms with Crippen molar-refractivity contribution in [3.8, 4) is 11.5 Å². The van der Waals surface area contributed by atoms with E-state index < -0.39 is 6.10 Å². The summed E-state index contributed by atoms with van der Waals surface area (Å²) in [4.78, 5) is 12.1. The molecule has 0 aliphatic rings. The van der Waals surface area contributed by atoms with Gasteiger partial charge in [-0.05, 0) is 37.5 Å². The number of carbonyl (C=O) groups excluding carboxylic acids is 1. The number of nitrogens with two attached hydrogens (primary N) is 1. The molecular formula is C16H26N2O3. The molecule has 0 spiro atoms. The van der Waals surface area contributed by atoms with E-state index in [1.165, 1.54) is 0 Å². The average Bonchev–Trinajstić information content (AvgIpc) is 2.52. The quantitative estimate of drug-likeness (QED) is 0.771. The molecule has 0 heterocycles. The number of rotatable bonds is 8. The third kappa shape index (κ3) is 4.93. The van der Waals surface area contributed by atoms with Crippen molar-refractivity contribution in [2.45, 2.75) is 52.3 Å². The molecule has 0 saturated carbocycles. The lowest BCUT2D eigenvalue weighted by atomic mass is 10.1. The predicted octanol–water partition coefficient (Wildman–Crippen LogP) is 2.23. The van der Waals surface area contributed by atoms with Gasteiger partial charge in [0.2, 0.25) is 0 Å². The molecule has 1 amide bonds. The molecule has 5 heteroatoms. The molecule has 0 radical (unpaired) electrons. The lowest BCUT2D eigenvalue weighted by molar-refractivity contribution is -0.128. The zero-order chi connectivity index (χ0) is 15.8. The highest BCUT2D eigenvalue weighted by atomic mass is 16.5. The van der Waals surface area contributed by atoms with Crippen molar-refractivity contribution in [1.29, 1.82) is 0 Å². The third-order valence-electron chi connectivity index (χ3n) is 3.47. The van der Waals surface area contributed by atoms with Crippen LogP contribution < -0.4 is 20.5 Å². The summed E-state index contributed by atoms with van der Waals surface area (Å²) in [6.45, 7) is 6.26. The van der Waals surface area contributed by atoms with Crippen LogP contribution in [0.3, 0.4) is 0 Å². The largest absolute Gasteiger partial charge is 0.493 e. The van der Waals surface area contributed by atoms with Crippen LogP contribution in [0.4, 0.5) is 0 Å². The van der Waals surface area contributed by atoms with E-state index in [1.807, 2.05) is 12.1 Å². The highest BCUT2D eigenvalue weighted by molar-refractivity contribution is 5.81. The van der Waals surface area contributed by atoms with E-state index in [0.29, 0.717) is 18.0 Å². The summed E-state index contributed by atoms with van der Waals surface area (Å²) in [5.41, 5.74) is 6.55. The standard InChI is InChI=1S/C16H26N2O3/c1-5-13(6-2)18-16(19)11(3)21-14-8-7-12(10-17)9-15(14)20-4/h7-9,11,13H,5-6,10,17H2,1-4H3,(H,18,19). The van der Waals surface area contributed by atoms with Gasteiger partial charge >= 0.3 is 0 Å². The minimum atomic E-state index is -0.580. The minimum absolute atomic E-state index is 0.117. The summed E-state index contributed by atoms with van der Waals surface area (Å²) < 4.78 is 11.0. The number of amides is 1. The van der Waals surface area contributed by atoms with Crippen molar-refractivity contribution in [3.05, 3.63) is 23.8 Å². The van der Waals surface area contributed by atoms with Gasteiger partial charge in [0.25, 0.3) is 5.91 Å². The lowest BCUT2D eigenvalue weighted by Crippen LogP contribution is -2.42. The average molecular weight is 294 g/mol. The number of carbonyl (C=O) groups is 1. The van der Waals surface area contributed by atoms with Gasteiger partial charge in [-0.1, -0.05) is 19.9 Å². The molecule has 0 bridgehead atoms. The number of hydrogen-bond acceptors (Lipinski definition) is 4. The Morgan fingerprint density at radius 3 is 2.48 bits per heavy atom. The maximum Gasteiger partial charge on any atom is 0.260 e. The highest BCUT2D eigenvalue weighted by Crippen LogP contribution is 2.28. The molecule has 1 atom stereocenters. The van der Waals surface area contributed by atoms with Crippen LogP contribution in [0.1, 0.15) is 39.2 Å². The van der Waals surface area contributed by atoms with E-state index in [1.54, 1.807) is 20.1 Å². The first-order valence-electron chi connectivity index (χ1n) is 7.39. The number of methoxy groups -OCH3 is 1. The Morgan fingerprint density at radius 1 is 1.29 bits per heavy atom. The van der Waals surface area contributed by atoms with Gasteiger partial charge < -0.3 is 20.5 Å². The molecule has 0 saturated heterocycles. The Bertz CT molecular complexity index is 459. The van der Waals surface area contributed by atoms with Crippen LogP contribution in [0.5, 0.6) is 11.5 Å². The van der Waals surface area contributed by atoms with Gasteiger partial charge in [-0.25, -0.2) is 0 Å². The van der Waals surface area contributed by atoms with E-state index in [-0.39, 0.29) is 11.9 Å². The molecule has 1 aromatic carbocycles. The van der Waals surface area contributed by atoms with Crippen molar-refractivity contribution in [2.24, 2.45) is 5.73 Å². The van der Waals surface area contributed by atoms with Crippen molar-refractivity contribution in [2.75, 3.05) is 7.11 Å². The van der Waals surface area contributed by atoms with E-state index in [2.05, 4.69) is 19.2 Å². The Labute approximate surface area is 126 Å². The minimum Gasteiger partial charge on any atom is -0.493 e. The molecular weight excluding hydrogens is 268 g/mol. The van der Waals surface area contributed by atoms with Crippen LogP contribution in [0.2, 0.25) is 0 Å². The normalized spacial score (nSPS) is 12.1. The molecule has 0 aliphatic carbocycles. The number of ether oxygens (including phenoxy) is 2. The first kappa shape index (κ1) is 17.3. The van der Waals surface area contributed by atoms with Crippen LogP contribution >= 0.6 is 0 Å². The zero-order valence-corrected chi connectivity index (χ0v) is 13.3. The van der Waals surface area contributed by atoms with Crippen LogP contribution in [0.15, 0.2) is 18.2 Å². The number of nitrogens with one attached hydrogen (secondary N) is 1. The fourth-order valence-electron chi connectivity index (χ4n) is 1.99. The van der Waals surface area contributed by atoms with Gasteiger partial charge in [0.1, 0.15) is 0 Å². The van der Waals surface area contributed by atoms with Gasteiger partial charge in [0.05, 0.1) is 7.11 Å². The van der Waals surface area contributed by atoms with Crippen molar-refractivity contribution < 1.29 is 14.3 Å². The number of hydrogen-bond donors (Lipinski definition) is 2. The summed E-state index contributed by atoms with van der Waals surface area (Å²) in [5.74, 6) is 1.01. The summed E-state index contributed by atoms with van der Waals surface area (Å²) in [6, 6.07) is 5.65. The van der Waals surface area contributed by atoms with Gasteiger partial charge in [0.15, 0.2) is 17.6 Å². The van der Waals surface area contributed by atoms with E-state index in [9.17, 15) is 4.79 Å². The van der Waals surface area contributed by atoms with Gasteiger partial charge in [-0.15, -0.1) is 0 Å². The third-order valence-corrected chi connectivity index (χ3v) is 3.47. The highest BCUT2D eigenvalue weighted by Gasteiger charge is 2.19. The summed E-state index contributed by atoms with van der Waals surface area (Å²) >= 11 is 0. The monoisotopic (exact) mass is 294 g/mol. The second-order valence-electron chi connectivity index (χ2n) is 4.97. The molecule has 1 rings (SSSR count). The van der Waals surface area contributed by atoms with E-state index in [0.717, 1.165) is 18.4 Å². The number of benzene rings is 1. The Kier molecular flexibility index (Phi) is 7.02. The topological polar surface area (TPSA) is 73.6 Å². The molecule has 5 nitrogen and oxygen atoms in total. The fraction of sp³-hybridized carbons (Fsp3) is 0.562. The zero-order valence-electron chi connectivity index (χ0n) is 13.3. The maximum absolute atomic E-state index is 12.1. The van der Waals surface area contributed by atoms with Gasteiger partial charge in [-0.3, -0.25) is 4.79 Å². The molecule has 0 fully saturated rings. The molecule has 0 aliphatic heterocycles. The Hall–Kier alpha value is -1.75. The fourth-order valence-corrected chi connectivity index (χ4v) is 1.99. The van der Waals surface area contributed by atoms with Crippen LogP contribution in [0, 0.1) is 0 Å². The molecule has 1 aromatic rings. The second-order valence-corrected chi connectivity index (χ2v) is 4.97. The first-order valence-corrected chi connectivity index (χ1v) is 7.39. The SMILES string of the molecule is CCC(CC)NC(=O)C(C)Oc1ccc(CN)cc1OC. The van der Waals surface area contributed by atoms with Crippen LogP contribution in [0.25, 0.3) is 0 Å². The lowest BCUT2D eigenvalue weighted by Gasteiger charge is -2.20. The first-order chi connectivity index (χ1) is 10.0. The van der Waals surface area contributed by atoms with Crippen LogP contribution in [-0.2, 0) is 11.3 Å². The predicted molar refractivity (Wildman–Crippen MR) is 83.5 cm³/mol. The smallest absolute Gasteiger partial charge is 0.260 e. The molecule has 1 unspecified atom stereocenters. The summed E-state index contributed by atoms with van der Waals surface area (Å²) in [5, 5.41) is 2.97. The summed E-state index contributed by atoms with van der Waals surface area (Å²) in [7, 11) is 1.57.